The number of urea groups is 1. The lowest BCUT2D eigenvalue weighted by molar-refractivity contribution is 0.262. The van der Waals surface area contributed by atoms with Crippen molar-refractivity contribution in [1.82, 2.24) is 0 Å². The summed E-state index contributed by atoms with van der Waals surface area (Å²) in [5, 5.41) is 12.2. The molecule has 4 aromatic carbocycles. The monoisotopic (exact) mass is 582 g/mol. The van der Waals surface area contributed by atoms with Crippen LogP contribution >= 0.6 is 0 Å². The fourth-order valence-electron chi connectivity index (χ4n) is 3.41. The third-order valence-electron chi connectivity index (χ3n) is 5.34. The topological polar surface area (TPSA) is 171 Å². The molecule has 13 heteroatoms. The van der Waals surface area contributed by atoms with Crippen LogP contribution in [0.3, 0.4) is 0 Å². The standard InChI is InChI=1S/C27H26N4O4S.O3S/c32-27(30-24-10-6-20(7-11-24)18-28-22-4-2-1-3-5-22)31-25-12-8-21(9-13-25)19-29-23-14-16-26(17-15-23)36(33,34)35;1-4(2)3/h1-17,28-29H,18-19H2,(H2,30,31,32)(H,33,34,35);. The molecule has 0 fully saturated rings. The van der Waals surface area contributed by atoms with Gasteiger partial charge in [0.25, 0.3) is 10.1 Å². The molecule has 0 atom stereocenters. The zero-order chi connectivity index (χ0) is 29.0. The minimum atomic E-state index is -4.21. The SMILES string of the molecule is O=C(Nc1ccc(CNc2ccccc2)cc1)Nc1ccc(CNc2ccc(S(=O)(=O)O)cc2)cc1.O=S(=O)=O. The van der Waals surface area contributed by atoms with Gasteiger partial charge in [0.05, 0.1) is 4.90 Å². The average Bonchev–Trinajstić information content (AvgIpc) is 2.92. The Labute approximate surface area is 233 Å². The van der Waals surface area contributed by atoms with E-state index in [1.807, 2.05) is 66.7 Å². The number of benzene rings is 4. The molecule has 0 aliphatic rings. The number of anilines is 4. The maximum absolute atomic E-state index is 12.4. The first-order chi connectivity index (χ1) is 19.1. The Morgan fingerprint density at radius 2 is 0.975 bits per heavy atom. The number of carbonyl (C=O) groups excluding carboxylic acids is 1. The second-order valence-electron chi connectivity index (χ2n) is 8.25. The van der Waals surface area contributed by atoms with Gasteiger partial charge in [-0.15, -0.1) is 12.6 Å². The lowest BCUT2D eigenvalue weighted by Gasteiger charge is -2.11. The zero-order valence-electron chi connectivity index (χ0n) is 20.9. The molecule has 4 aromatic rings. The van der Waals surface area contributed by atoms with Crippen molar-refractivity contribution in [3.05, 3.63) is 114 Å². The Kier molecular flexibility index (Phi) is 10.8. The Balaban J connectivity index is 0.00000103. The Hall–Kier alpha value is -4.72. The highest BCUT2D eigenvalue weighted by molar-refractivity contribution is 7.85. The van der Waals surface area contributed by atoms with Crippen molar-refractivity contribution in [1.29, 1.82) is 0 Å². The molecule has 0 saturated carbocycles. The minimum absolute atomic E-state index is 0.155. The highest BCUT2D eigenvalue weighted by atomic mass is 32.2. The molecule has 208 valence electrons. The summed E-state index contributed by atoms with van der Waals surface area (Å²) in [4.78, 5) is 12.2. The van der Waals surface area contributed by atoms with Gasteiger partial charge in [0.15, 0.2) is 0 Å². The van der Waals surface area contributed by atoms with E-state index in [4.69, 9.17) is 17.2 Å². The van der Waals surface area contributed by atoms with Crippen LogP contribution < -0.4 is 21.3 Å². The summed E-state index contributed by atoms with van der Waals surface area (Å²) in [6.07, 6.45) is 0. The third kappa shape index (κ3) is 10.6. The van der Waals surface area contributed by atoms with Crippen molar-refractivity contribution in [2.75, 3.05) is 21.3 Å². The van der Waals surface area contributed by atoms with Crippen molar-refractivity contribution in [3.8, 4) is 0 Å². The fourth-order valence-corrected chi connectivity index (χ4v) is 3.89. The van der Waals surface area contributed by atoms with E-state index in [0.29, 0.717) is 30.2 Å². The number of hydrogen-bond donors (Lipinski definition) is 5. The van der Waals surface area contributed by atoms with Gasteiger partial charge in [0.2, 0.25) is 0 Å². The van der Waals surface area contributed by atoms with E-state index in [-0.39, 0.29) is 10.9 Å². The normalized spacial score (nSPS) is 10.4. The van der Waals surface area contributed by atoms with Crippen LogP contribution in [-0.2, 0) is 33.8 Å². The summed E-state index contributed by atoms with van der Waals surface area (Å²) < 4.78 is 56.6. The van der Waals surface area contributed by atoms with E-state index < -0.39 is 20.7 Å². The largest absolute Gasteiger partial charge is 0.425 e. The molecule has 4 rings (SSSR count). The first-order valence-electron chi connectivity index (χ1n) is 11.7. The first kappa shape index (κ1) is 29.8. The van der Waals surface area contributed by atoms with E-state index in [9.17, 15) is 13.2 Å². The molecule has 0 heterocycles. The molecular formula is C27H26N4O7S2. The zero-order valence-corrected chi connectivity index (χ0v) is 22.6. The fraction of sp³-hybridized carbons (Fsp3) is 0.0741. The number of hydrogen-bond acceptors (Lipinski definition) is 8. The van der Waals surface area contributed by atoms with Crippen LogP contribution in [0.2, 0.25) is 0 Å². The van der Waals surface area contributed by atoms with E-state index >= 15 is 0 Å². The highest BCUT2D eigenvalue weighted by Crippen LogP contribution is 2.17. The molecule has 0 aliphatic carbocycles. The molecule has 0 unspecified atom stereocenters. The van der Waals surface area contributed by atoms with Gasteiger partial charge >= 0.3 is 16.6 Å². The maximum Gasteiger partial charge on any atom is 0.425 e. The number of para-hydroxylation sites is 1. The lowest BCUT2D eigenvalue weighted by Crippen LogP contribution is -2.19. The smallest absolute Gasteiger partial charge is 0.381 e. The summed E-state index contributed by atoms with van der Waals surface area (Å²) in [6, 6.07) is 30.4. The molecule has 0 aromatic heterocycles. The van der Waals surface area contributed by atoms with Crippen LogP contribution in [0.5, 0.6) is 0 Å². The van der Waals surface area contributed by atoms with Crippen LogP contribution in [0.1, 0.15) is 11.1 Å². The average molecular weight is 583 g/mol. The summed E-state index contributed by atoms with van der Waals surface area (Å²) in [5.74, 6) is 0. The van der Waals surface area contributed by atoms with Crippen molar-refractivity contribution in [2.24, 2.45) is 0 Å². The van der Waals surface area contributed by atoms with Crippen molar-refractivity contribution >= 4 is 49.5 Å². The second kappa shape index (κ2) is 14.4. The van der Waals surface area contributed by atoms with Gasteiger partial charge in [-0.1, -0.05) is 42.5 Å². The molecule has 0 saturated heterocycles. The van der Waals surface area contributed by atoms with E-state index in [0.717, 1.165) is 16.8 Å². The summed E-state index contributed by atoms with van der Waals surface area (Å²) in [6.45, 7) is 1.19. The van der Waals surface area contributed by atoms with Gasteiger partial charge in [0.1, 0.15) is 0 Å². The molecule has 2 amide bonds. The Bertz CT molecular complexity index is 1610. The predicted molar refractivity (Wildman–Crippen MR) is 153 cm³/mol. The molecule has 0 spiro atoms. The maximum atomic E-state index is 12.4. The summed E-state index contributed by atoms with van der Waals surface area (Å²) >= 11 is 0. The minimum Gasteiger partial charge on any atom is -0.381 e. The predicted octanol–water partition coefficient (Wildman–Crippen LogP) is 4.80. The van der Waals surface area contributed by atoms with Crippen LogP contribution in [-0.4, -0.2) is 31.6 Å². The number of carbonyl (C=O) groups is 1. The first-order valence-corrected chi connectivity index (χ1v) is 14.2. The van der Waals surface area contributed by atoms with Crippen LogP contribution in [0, 0.1) is 0 Å². The summed E-state index contributed by atoms with van der Waals surface area (Å²) in [7, 11) is -7.32. The second-order valence-corrected chi connectivity index (χ2v) is 10.1. The number of amides is 2. The van der Waals surface area contributed by atoms with Gasteiger partial charge in [-0.05, 0) is 71.8 Å². The molecule has 5 N–H and O–H groups in total. The van der Waals surface area contributed by atoms with Gasteiger partial charge in [-0.25, -0.2) is 4.79 Å². The summed E-state index contributed by atoms with van der Waals surface area (Å²) in [5.41, 5.74) is 5.18. The quantitative estimate of drug-likeness (QED) is 0.174. The van der Waals surface area contributed by atoms with Crippen molar-refractivity contribution in [2.45, 2.75) is 18.0 Å². The van der Waals surface area contributed by atoms with Gasteiger partial charge in [-0.3, -0.25) is 4.55 Å². The molecule has 11 nitrogen and oxygen atoms in total. The highest BCUT2D eigenvalue weighted by Gasteiger charge is 2.08. The molecule has 0 radical (unpaired) electrons. The number of nitrogens with one attached hydrogen (secondary N) is 4. The van der Waals surface area contributed by atoms with Gasteiger partial charge in [-0.2, -0.15) is 8.42 Å². The van der Waals surface area contributed by atoms with E-state index in [1.165, 1.54) is 12.1 Å². The van der Waals surface area contributed by atoms with E-state index in [2.05, 4.69) is 21.3 Å². The van der Waals surface area contributed by atoms with Crippen molar-refractivity contribution < 1.29 is 30.4 Å². The molecule has 0 aliphatic heterocycles. The Morgan fingerprint density at radius 3 is 1.38 bits per heavy atom. The lowest BCUT2D eigenvalue weighted by atomic mass is 10.2. The molecule has 40 heavy (non-hydrogen) atoms. The third-order valence-corrected chi connectivity index (χ3v) is 6.21. The van der Waals surface area contributed by atoms with Gasteiger partial charge < -0.3 is 21.3 Å². The molecular weight excluding hydrogens is 556 g/mol. The Morgan fingerprint density at radius 1 is 0.600 bits per heavy atom. The van der Waals surface area contributed by atoms with Gasteiger partial charge in [0, 0.05) is 35.8 Å². The van der Waals surface area contributed by atoms with Crippen LogP contribution in [0.15, 0.2) is 108 Å². The van der Waals surface area contributed by atoms with Crippen LogP contribution in [0.4, 0.5) is 27.5 Å². The molecule has 0 bridgehead atoms. The van der Waals surface area contributed by atoms with Crippen molar-refractivity contribution in [3.63, 3.8) is 0 Å². The van der Waals surface area contributed by atoms with Crippen LogP contribution in [0.25, 0.3) is 0 Å². The van der Waals surface area contributed by atoms with E-state index in [1.54, 1.807) is 24.3 Å². The number of rotatable bonds is 9.